The summed E-state index contributed by atoms with van der Waals surface area (Å²) < 4.78 is 0. The first-order valence-corrected chi connectivity index (χ1v) is 6.82. The largest absolute Gasteiger partial charge is 0.481 e. The maximum atomic E-state index is 11.4. The fourth-order valence-corrected chi connectivity index (χ4v) is 4.23. The Bertz CT molecular complexity index is 321. The fourth-order valence-electron chi connectivity index (χ4n) is 4.23. The lowest BCUT2D eigenvalue weighted by atomic mass is 9.84. The van der Waals surface area contributed by atoms with Gasteiger partial charge in [-0.25, -0.2) is 0 Å². The molecule has 1 saturated heterocycles. The Hall–Kier alpha value is -0.610. The van der Waals surface area contributed by atoms with Crippen LogP contribution in [-0.4, -0.2) is 48.2 Å². The molecule has 2 aliphatic carbocycles. The lowest BCUT2D eigenvalue weighted by molar-refractivity contribution is -0.144. The van der Waals surface area contributed by atoms with Crippen molar-refractivity contribution in [3.8, 4) is 0 Å². The van der Waals surface area contributed by atoms with E-state index in [1.165, 1.54) is 6.42 Å². The molecule has 5 unspecified atom stereocenters. The zero-order valence-electron chi connectivity index (χ0n) is 10.4. The Balaban J connectivity index is 1.67. The number of aliphatic carboxylic acids is 1. The van der Waals surface area contributed by atoms with Crippen molar-refractivity contribution < 1.29 is 9.90 Å². The van der Waals surface area contributed by atoms with Gasteiger partial charge in [0.1, 0.15) is 0 Å². The van der Waals surface area contributed by atoms with Gasteiger partial charge in [0.2, 0.25) is 0 Å². The van der Waals surface area contributed by atoms with Crippen molar-refractivity contribution in [2.24, 2.45) is 17.8 Å². The molecule has 2 saturated carbocycles. The molecule has 0 spiro atoms. The van der Waals surface area contributed by atoms with Crippen LogP contribution in [0, 0.1) is 17.8 Å². The van der Waals surface area contributed by atoms with Gasteiger partial charge in [-0.3, -0.25) is 4.79 Å². The number of hydrogen-bond donors (Lipinski definition) is 2. The zero-order valence-corrected chi connectivity index (χ0v) is 10.4. The van der Waals surface area contributed by atoms with E-state index in [1.54, 1.807) is 0 Å². The van der Waals surface area contributed by atoms with Crippen LogP contribution in [0.3, 0.4) is 0 Å². The molecule has 1 heterocycles. The smallest absolute Gasteiger partial charge is 0.308 e. The van der Waals surface area contributed by atoms with E-state index in [1.807, 2.05) is 0 Å². The minimum atomic E-state index is -0.582. The second-order valence-corrected chi connectivity index (χ2v) is 6.14. The number of carboxylic acid groups (broad SMARTS) is 1. The van der Waals surface area contributed by atoms with Crippen molar-refractivity contribution in [1.82, 2.24) is 10.2 Å². The zero-order chi connectivity index (χ0) is 12.0. The van der Waals surface area contributed by atoms with Crippen molar-refractivity contribution in [3.63, 3.8) is 0 Å². The Morgan fingerprint density at radius 3 is 2.71 bits per heavy atom. The molecule has 0 aromatic carbocycles. The molecule has 4 nitrogen and oxygen atoms in total. The molecule has 17 heavy (non-hydrogen) atoms. The highest BCUT2D eigenvalue weighted by Gasteiger charge is 2.51. The number of likely N-dealkylation sites (N-methyl/N-ethyl adjacent to an activating group) is 1. The summed E-state index contributed by atoms with van der Waals surface area (Å²) in [4.78, 5) is 13.7. The first-order chi connectivity index (χ1) is 8.15. The van der Waals surface area contributed by atoms with Crippen LogP contribution in [0.4, 0.5) is 0 Å². The average molecular weight is 238 g/mol. The number of rotatable bonds is 3. The summed E-state index contributed by atoms with van der Waals surface area (Å²) in [7, 11) is 2.14. The molecule has 0 amide bonds. The van der Waals surface area contributed by atoms with E-state index in [-0.39, 0.29) is 12.0 Å². The molecule has 1 aliphatic heterocycles. The lowest BCUT2D eigenvalue weighted by Gasteiger charge is -2.31. The predicted octanol–water partition coefficient (Wildman–Crippen LogP) is 0.779. The fraction of sp³-hybridized carbons (Fsp3) is 0.923. The van der Waals surface area contributed by atoms with Crippen LogP contribution >= 0.6 is 0 Å². The van der Waals surface area contributed by atoms with Gasteiger partial charge in [0.05, 0.1) is 5.92 Å². The highest BCUT2D eigenvalue weighted by Crippen LogP contribution is 2.48. The normalized spacial score (nSPS) is 45.6. The van der Waals surface area contributed by atoms with Crippen LogP contribution in [0.5, 0.6) is 0 Å². The third-order valence-corrected chi connectivity index (χ3v) is 5.02. The molecule has 2 bridgehead atoms. The van der Waals surface area contributed by atoms with Gasteiger partial charge in [-0.2, -0.15) is 0 Å². The molecule has 3 rings (SSSR count). The molecule has 2 N–H and O–H groups in total. The molecular formula is C13H22N2O2. The van der Waals surface area contributed by atoms with Crippen LogP contribution in [0.2, 0.25) is 0 Å². The van der Waals surface area contributed by atoms with E-state index in [0.29, 0.717) is 17.9 Å². The van der Waals surface area contributed by atoms with Crippen LogP contribution in [0.25, 0.3) is 0 Å². The van der Waals surface area contributed by atoms with E-state index in [2.05, 4.69) is 17.3 Å². The molecule has 96 valence electrons. The highest BCUT2D eigenvalue weighted by atomic mass is 16.4. The topological polar surface area (TPSA) is 52.6 Å². The summed E-state index contributed by atoms with van der Waals surface area (Å²) >= 11 is 0. The van der Waals surface area contributed by atoms with E-state index < -0.39 is 5.97 Å². The summed E-state index contributed by atoms with van der Waals surface area (Å²) in [5, 5.41) is 13.0. The maximum Gasteiger partial charge on any atom is 0.308 e. The second kappa shape index (κ2) is 4.25. The average Bonchev–Trinajstić information content (AvgIpc) is 2.93. The van der Waals surface area contributed by atoms with Gasteiger partial charge in [-0.1, -0.05) is 0 Å². The first kappa shape index (κ1) is 11.5. The summed E-state index contributed by atoms with van der Waals surface area (Å²) in [6.45, 7) is 2.20. The maximum absolute atomic E-state index is 11.4. The number of hydrogen-bond acceptors (Lipinski definition) is 3. The number of nitrogens with one attached hydrogen (secondary N) is 1. The van der Waals surface area contributed by atoms with Crippen LogP contribution in [-0.2, 0) is 4.79 Å². The van der Waals surface area contributed by atoms with Gasteiger partial charge in [-0.05, 0) is 51.1 Å². The van der Waals surface area contributed by atoms with Crippen LogP contribution in [0.1, 0.15) is 25.7 Å². The summed E-state index contributed by atoms with van der Waals surface area (Å²) in [6.07, 6.45) is 4.66. The molecule has 5 atom stereocenters. The highest BCUT2D eigenvalue weighted by molar-refractivity contribution is 5.72. The van der Waals surface area contributed by atoms with Gasteiger partial charge in [0, 0.05) is 18.6 Å². The molecular weight excluding hydrogens is 216 g/mol. The van der Waals surface area contributed by atoms with Crippen molar-refractivity contribution >= 4 is 5.97 Å². The third-order valence-electron chi connectivity index (χ3n) is 5.02. The molecule has 3 fully saturated rings. The Morgan fingerprint density at radius 2 is 2.06 bits per heavy atom. The number of carboxylic acids is 1. The minimum absolute atomic E-state index is 0.125. The van der Waals surface area contributed by atoms with E-state index >= 15 is 0 Å². The first-order valence-electron chi connectivity index (χ1n) is 6.82. The van der Waals surface area contributed by atoms with Gasteiger partial charge >= 0.3 is 5.97 Å². The third kappa shape index (κ3) is 1.97. The quantitative estimate of drug-likeness (QED) is 0.763. The van der Waals surface area contributed by atoms with E-state index in [9.17, 15) is 9.90 Å². The number of likely N-dealkylation sites (tertiary alicyclic amines) is 1. The van der Waals surface area contributed by atoms with Crippen molar-refractivity contribution in [3.05, 3.63) is 0 Å². The summed E-state index contributed by atoms with van der Waals surface area (Å²) in [5.41, 5.74) is 0. The van der Waals surface area contributed by atoms with Crippen molar-refractivity contribution in [1.29, 1.82) is 0 Å². The van der Waals surface area contributed by atoms with E-state index in [0.717, 1.165) is 32.4 Å². The summed E-state index contributed by atoms with van der Waals surface area (Å²) in [6, 6.07) is 0.744. The molecule has 0 aromatic rings. The lowest BCUT2D eigenvalue weighted by Crippen LogP contribution is -2.49. The Morgan fingerprint density at radius 1 is 1.29 bits per heavy atom. The van der Waals surface area contributed by atoms with Gasteiger partial charge in [0.15, 0.2) is 0 Å². The molecule has 4 heteroatoms. The summed E-state index contributed by atoms with van der Waals surface area (Å²) in [5.74, 6) is 0.349. The van der Waals surface area contributed by atoms with Crippen molar-refractivity contribution in [2.75, 3.05) is 20.1 Å². The van der Waals surface area contributed by atoms with Gasteiger partial charge in [-0.15, -0.1) is 0 Å². The van der Waals surface area contributed by atoms with Crippen LogP contribution < -0.4 is 5.32 Å². The molecule has 0 radical (unpaired) electrons. The monoisotopic (exact) mass is 238 g/mol. The minimum Gasteiger partial charge on any atom is -0.481 e. The van der Waals surface area contributed by atoms with Crippen molar-refractivity contribution in [2.45, 2.75) is 37.8 Å². The second-order valence-electron chi connectivity index (χ2n) is 6.14. The number of carbonyl (C=O) groups is 1. The van der Waals surface area contributed by atoms with Crippen LogP contribution in [0.15, 0.2) is 0 Å². The number of nitrogens with zero attached hydrogens (tertiary/aromatic N) is 1. The Labute approximate surface area is 102 Å². The van der Waals surface area contributed by atoms with E-state index in [4.69, 9.17) is 0 Å². The van der Waals surface area contributed by atoms with Gasteiger partial charge in [0.25, 0.3) is 0 Å². The SMILES string of the molecule is CN1CCC(NC2C3CCC(C3)C2C(=O)O)C1. The standard InChI is InChI=1S/C13H22N2O2/c1-15-5-4-10(7-15)14-12-9-3-2-8(6-9)11(12)13(16)17/h8-12,14H,2-7H2,1H3,(H,16,17). The Kier molecular flexibility index (Phi) is 2.87. The number of fused-ring (bicyclic) bond motifs is 2. The molecule has 3 aliphatic rings. The predicted molar refractivity (Wildman–Crippen MR) is 64.8 cm³/mol. The van der Waals surface area contributed by atoms with Gasteiger partial charge < -0.3 is 15.3 Å². The molecule has 0 aromatic heterocycles.